The molecule has 1 heterocycles. The molecule has 116 valence electrons. The standard InChI is InChI=1S/C16H29NO3/c1-3-17(13(2)11-15(18)19)12-14-7-10-16(20-14)8-5-4-6-9-16/h13-14H,3-12H2,1-2H3,(H,18,19). The van der Waals surface area contributed by atoms with E-state index in [9.17, 15) is 4.79 Å². The predicted molar refractivity (Wildman–Crippen MR) is 78.9 cm³/mol. The van der Waals surface area contributed by atoms with Crippen molar-refractivity contribution in [2.45, 2.75) is 83.0 Å². The maximum Gasteiger partial charge on any atom is 0.304 e. The minimum atomic E-state index is -0.716. The van der Waals surface area contributed by atoms with E-state index in [1.54, 1.807) is 0 Å². The van der Waals surface area contributed by atoms with Crippen LogP contribution in [0, 0.1) is 0 Å². The molecule has 0 radical (unpaired) electrons. The zero-order valence-electron chi connectivity index (χ0n) is 12.9. The van der Waals surface area contributed by atoms with Gasteiger partial charge in [-0.2, -0.15) is 0 Å². The smallest absolute Gasteiger partial charge is 0.304 e. The fraction of sp³-hybridized carbons (Fsp3) is 0.938. The molecule has 0 aromatic carbocycles. The van der Waals surface area contributed by atoms with E-state index in [-0.39, 0.29) is 18.1 Å². The van der Waals surface area contributed by atoms with Gasteiger partial charge in [-0.3, -0.25) is 9.69 Å². The lowest BCUT2D eigenvalue weighted by Gasteiger charge is -2.35. The molecule has 1 saturated carbocycles. The molecule has 1 aliphatic heterocycles. The summed E-state index contributed by atoms with van der Waals surface area (Å²) in [4.78, 5) is 13.1. The molecule has 1 spiro atoms. The number of aliphatic carboxylic acids is 1. The Morgan fingerprint density at radius 3 is 2.65 bits per heavy atom. The fourth-order valence-corrected chi connectivity index (χ4v) is 3.85. The summed E-state index contributed by atoms with van der Waals surface area (Å²) >= 11 is 0. The van der Waals surface area contributed by atoms with Gasteiger partial charge in [0, 0.05) is 12.6 Å². The van der Waals surface area contributed by atoms with E-state index < -0.39 is 5.97 Å². The third-order valence-corrected chi connectivity index (χ3v) is 5.04. The quantitative estimate of drug-likeness (QED) is 0.814. The SMILES string of the molecule is CCN(CC1CCC2(CCCCC2)O1)C(C)CC(=O)O. The van der Waals surface area contributed by atoms with Crippen LogP contribution in [0.5, 0.6) is 0 Å². The molecule has 2 fully saturated rings. The van der Waals surface area contributed by atoms with E-state index in [1.165, 1.54) is 38.5 Å². The highest BCUT2D eigenvalue weighted by Gasteiger charge is 2.41. The highest BCUT2D eigenvalue weighted by Crippen LogP contribution is 2.42. The zero-order valence-corrected chi connectivity index (χ0v) is 12.9. The summed E-state index contributed by atoms with van der Waals surface area (Å²) in [6.45, 7) is 5.88. The van der Waals surface area contributed by atoms with Gasteiger partial charge in [-0.1, -0.05) is 26.2 Å². The zero-order chi connectivity index (χ0) is 14.6. The van der Waals surface area contributed by atoms with Gasteiger partial charge in [0.25, 0.3) is 0 Å². The third kappa shape index (κ3) is 3.95. The largest absolute Gasteiger partial charge is 0.481 e. The maximum absolute atomic E-state index is 10.9. The van der Waals surface area contributed by atoms with E-state index in [1.807, 2.05) is 6.92 Å². The molecule has 2 atom stereocenters. The summed E-state index contributed by atoms with van der Waals surface area (Å²) in [5, 5.41) is 8.93. The summed E-state index contributed by atoms with van der Waals surface area (Å²) in [5.74, 6) is -0.716. The molecule has 1 N–H and O–H groups in total. The molecule has 0 aromatic rings. The number of likely N-dealkylation sites (N-methyl/N-ethyl adjacent to an activating group) is 1. The topological polar surface area (TPSA) is 49.8 Å². The molecule has 2 aliphatic rings. The van der Waals surface area contributed by atoms with Gasteiger partial charge >= 0.3 is 5.97 Å². The van der Waals surface area contributed by atoms with Crippen molar-refractivity contribution < 1.29 is 14.6 Å². The van der Waals surface area contributed by atoms with Gasteiger partial charge < -0.3 is 9.84 Å². The summed E-state index contributed by atoms with van der Waals surface area (Å²) in [5.41, 5.74) is 0.165. The van der Waals surface area contributed by atoms with Crippen LogP contribution in [-0.4, -0.2) is 46.8 Å². The van der Waals surface area contributed by atoms with Gasteiger partial charge in [0.1, 0.15) is 0 Å². The highest BCUT2D eigenvalue weighted by molar-refractivity contribution is 5.67. The van der Waals surface area contributed by atoms with Crippen LogP contribution >= 0.6 is 0 Å². The van der Waals surface area contributed by atoms with E-state index in [2.05, 4.69) is 11.8 Å². The van der Waals surface area contributed by atoms with E-state index >= 15 is 0 Å². The molecule has 4 nitrogen and oxygen atoms in total. The van der Waals surface area contributed by atoms with E-state index in [0.29, 0.717) is 6.10 Å². The Kier molecular flexibility index (Phi) is 5.44. The van der Waals surface area contributed by atoms with Crippen LogP contribution in [-0.2, 0) is 9.53 Å². The Labute approximate surface area is 122 Å². The molecular formula is C16H29NO3. The maximum atomic E-state index is 10.9. The van der Waals surface area contributed by atoms with Crippen molar-refractivity contribution in [2.24, 2.45) is 0 Å². The highest BCUT2D eigenvalue weighted by atomic mass is 16.5. The predicted octanol–water partition coefficient (Wildman–Crippen LogP) is 3.05. The summed E-state index contributed by atoms with van der Waals surface area (Å²) < 4.78 is 6.39. The lowest BCUT2D eigenvalue weighted by molar-refractivity contribution is -0.138. The normalized spacial score (nSPS) is 27.1. The average molecular weight is 283 g/mol. The number of nitrogens with zero attached hydrogens (tertiary/aromatic N) is 1. The van der Waals surface area contributed by atoms with Gasteiger partial charge in [-0.15, -0.1) is 0 Å². The lowest BCUT2D eigenvalue weighted by Crippen LogP contribution is -2.41. The molecular weight excluding hydrogens is 254 g/mol. The van der Waals surface area contributed by atoms with Crippen molar-refractivity contribution in [3.63, 3.8) is 0 Å². The van der Waals surface area contributed by atoms with Crippen molar-refractivity contribution in [2.75, 3.05) is 13.1 Å². The molecule has 1 aliphatic carbocycles. The first-order valence-corrected chi connectivity index (χ1v) is 8.18. The molecule has 0 aromatic heterocycles. The molecule has 20 heavy (non-hydrogen) atoms. The molecule has 2 rings (SSSR count). The Balaban J connectivity index is 1.84. The first-order chi connectivity index (χ1) is 9.54. The van der Waals surface area contributed by atoms with E-state index in [0.717, 1.165) is 19.5 Å². The molecule has 4 heteroatoms. The molecule has 0 amide bonds. The summed E-state index contributed by atoms with van der Waals surface area (Å²) in [6, 6.07) is 0.0870. The van der Waals surface area contributed by atoms with Crippen LogP contribution in [0.15, 0.2) is 0 Å². The van der Waals surface area contributed by atoms with Crippen molar-refractivity contribution in [1.82, 2.24) is 4.90 Å². The number of hydrogen-bond acceptors (Lipinski definition) is 3. The van der Waals surface area contributed by atoms with Gasteiger partial charge in [-0.25, -0.2) is 0 Å². The lowest BCUT2D eigenvalue weighted by atomic mass is 9.83. The van der Waals surface area contributed by atoms with Crippen LogP contribution in [0.2, 0.25) is 0 Å². The monoisotopic (exact) mass is 283 g/mol. The third-order valence-electron chi connectivity index (χ3n) is 5.04. The Hall–Kier alpha value is -0.610. The van der Waals surface area contributed by atoms with Gasteiger partial charge in [0.05, 0.1) is 18.1 Å². The van der Waals surface area contributed by atoms with Crippen LogP contribution in [0.4, 0.5) is 0 Å². The van der Waals surface area contributed by atoms with Crippen LogP contribution in [0.25, 0.3) is 0 Å². The average Bonchev–Trinajstić information content (AvgIpc) is 2.78. The Morgan fingerprint density at radius 2 is 2.05 bits per heavy atom. The van der Waals surface area contributed by atoms with Crippen molar-refractivity contribution >= 4 is 5.97 Å². The minimum absolute atomic E-state index is 0.0870. The fourth-order valence-electron chi connectivity index (χ4n) is 3.85. The van der Waals surface area contributed by atoms with Crippen LogP contribution < -0.4 is 0 Å². The van der Waals surface area contributed by atoms with Crippen molar-refractivity contribution in [3.8, 4) is 0 Å². The van der Waals surface area contributed by atoms with Gasteiger partial charge in [0.2, 0.25) is 0 Å². The van der Waals surface area contributed by atoms with Crippen LogP contribution in [0.3, 0.4) is 0 Å². The summed E-state index contributed by atoms with van der Waals surface area (Å²) in [7, 11) is 0. The van der Waals surface area contributed by atoms with Crippen LogP contribution in [0.1, 0.15) is 65.2 Å². The summed E-state index contributed by atoms with van der Waals surface area (Å²) in [6.07, 6.45) is 9.25. The van der Waals surface area contributed by atoms with Gasteiger partial charge in [-0.05, 0) is 39.2 Å². The van der Waals surface area contributed by atoms with Crippen molar-refractivity contribution in [1.29, 1.82) is 0 Å². The number of carboxylic acids is 1. The first kappa shape index (κ1) is 15.8. The number of hydrogen-bond donors (Lipinski definition) is 1. The first-order valence-electron chi connectivity index (χ1n) is 8.18. The molecule has 2 unspecified atom stereocenters. The Morgan fingerprint density at radius 1 is 1.35 bits per heavy atom. The second-order valence-electron chi connectivity index (χ2n) is 6.56. The van der Waals surface area contributed by atoms with Gasteiger partial charge in [0.15, 0.2) is 0 Å². The Bertz CT molecular complexity index is 326. The number of ether oxygens (including phenoxy) is 1. The molecule has 1 saturated heterocycles. The number of carbonyl (C=O) groups is 1. The number of rotatable bonds is 6. The second kappa shape index (κ2) is 6.90. The minimum Gasteiger partial charge on any atom is -0.481 e. The van der Waals surface area contributed by atoms with Crippen molar-refractivity contribution in [3.05, 3.63) is 0 Å². The number of carboxylic acid groups (broad SMARTS) is 1. The second-order valence-corrected chi connectivity index (χ2v) is 6.56. The molecule has 0 bridgehead atoms. The van der Waals surface area contributed by atoms with E-state index in [4.69, 9.17) is 9.84 Å².